The van der Waals surface area contributed by atoms with Crippen molar-refractivity contribution < 1.29 is 0 Å². The maximum Gasteiger partial charge on any atom is 0.0443 e. The van der Waals surface area contributed by atoms with Crippen molar-refractivity contribution in [3.05, 3.63) is 22.4 Å². The summed E-state index contributed by atoms with van der Waals surface area (Å²) in [6, 6.07) is 5.99. The number of hydrogen-bond donors (Lipinski definition) is 1. The Morgan fingerprint density at radius 3 is 2.74 bits per heavy atom. The van der Waals surface area contributed by atoms with Gasteiger partial charge in [-0.25, -0.2) is 0 Å². The van der Waals surface area contributed by atoms with Gasteiger partial charge in [0.2, 0.25) is 0 Å². The van der Waals surface area contributed by atoms with Crippen molar-refractivity contribution in [1.82, 2.24) is 10.2 Å². The summed E-state index contributed by atoms with van der Waals surface area (Å²) < 4.78 is 0. The Kier molecular flexibility index (Phi) is 4.57. The van der Waals surface area contributed by atoms with Crippen molar-refractivity contribution in [2.24, 2.45) is 5.92 Å². The summed E-state index contributed by atoms with van der Waals surface area (Å²) in [5, 5.41) is 6.06. The van der Waals surface area contributed by atoms with Crippen LogP contribution < -0.4 is 5.32 Å². The monoisotopic (exact) mass is 278 g/mol. The van der Waals surface area contributed by atoms with Crippen LogP contribution in [0, 0.1) is 5.92 Å². The van der Waals surface area contributed by atoms with E-state index in [4.69, 9.17) is 0 Å². The summed E-state index contributed by atoms with van der Waals surface area (Å²) in [7, 11) is 2.27. The quantitative estimate of drug-likeness (QED) is 0.819. The molecule has 1 atom stereocenters. The van der Waals surface area contributed by atoms with E-state index in [2.05, 4.69) is 34.8 Å². The fraction of sp³-hybridized carbons (Fsp3) is 0.750. The summed E-state index contributed by atoms with van der Waals surface area (Å²) >= 11 is 1.92. The van der Waals surface area contributed by atoms with Crippen molar-refractivity contribution in [2.75, 3.05) is 20.1 Å². The summed E-state index contributed by atoms with van der Waals surface area (Å²) in [6.07, 6.45) is 8.50. The molecule has 1 heterocycles. The Balaban J connectivity index is 1.53. The van der Waals surface area contributed by atoms with Gasteiger partial charge < -0.3 is 10.2 Å². The van der Waals surface area contributed by atoms with Gasteiger partial charge in [0.25, 0.3) is 0 Å². The molecule has 2 aliphatic rings. The van der Waals surface area contributed by atoms with Gasteiger partial charge in [-0.2, -0.15) is 0 Å². The fourth-order valence-corrected chi connectivity index (χ4v) is 4.25. The summed E-state index contributed by atoms with van der Waals surface area (Å²) in [4.78, 5) is 4.06. The smallest absolute Gasteiger partial charge is 0.0443 e. The second kappa shape index (κ2) is 6.38. The first-order valence-corrected chi connectivity index (χ1v) is 8.69. The van der Waals surface area contributed by atoms with E-state index >= 15 is 0 Å². The molecular weight excluding hydrogens is 252 g/mol. The average Bonchev–Trinajstić information content (AvgIpc) is 2.93. The van der Waals surface area contributed by atoms with Crippen molar-refractivity contribution in [3.63, 3.8) is 0 Å². The molecule has 0 saturated heterocycles. The van der Waals surface area contributed by atoms with E-state index in [0.717, 1.165) is 18.5 Å². The first-order chi connectivity index (χ1) is 9.34. The highest BCUT2D eigenvalue weighted by molar-refractivity contribution is 7.10. The zero-order valence-corrected chi connectivity index (χ0v) is 12.8. The molecule has 0 radical (unpaired) electrons. The van der Waals surface area contributed by atoms with Crippen LogP contribution in [0.15, 0.2) is 17.5 Å². The third-order valence-electron chi connectivity index (χ3n) is 4.72. The first kappa shape index (κ1) is 13.6. The topological polar surface area (TPSA) is 15.3 Å². The molecule has 106 valence electrons. The van der Waals surface area contributed by atoms with Gasteiger partial charge in [0.1, 0.15) is 0 Å². The van der Waals surface area contributed by atoms with Crippen LogP contribution in [-0.2, 0) is 0 Å². The van der Waals surface area contributed by atoms with E-state index in [9.17, 15) is 0 Å². The molecule has 2 saturated carbocycles. The van der Waals surface area contributed by atoms with E-state index in [0.29, 0.717) is 6.04 Å². The molecule has 0 aliphatic heterocycles. The maximum absolute atomic E-state index is 3.85. The SMILES string of the molecule is CN(CCNC(c1cccs1)C1CCCC1)C1CC1. The van der Waals surface area contributed by atoms with Crippen LogP contribution >= 0.6 is 11.3 Å². The highest BCUT2D eigenvalue weighted by atomic mass is 32.1. The minimum atomic E-state index is 0.607. The van der Waals surface area contributed by atoms with Crippen LogP contribution in [-0.4, -0.2) is 31.1 Å². The van der Waals surface area contributed by atoms with Crippen molar-refractivity contribution >= 4 is 11.3 Å². The van der Waals surface area contributed by atoms with Gasteiger partial charge in [0.05, 0.1) is 0 Å². The summed E-state index contributed by atoms with van der Waals surface area (Å²) in [6.45, 7) is 2.32. The predicted molar refractivity (Wildman–Crippen MR) is 82.7 cm³/mol. The Bertz CT molecular complexity index is 366. The second-order valence-corrected chi connectivity index (χ2v) is 7.18. The lowest BCUT2D eigenvalue weighted by atomic mass is 9.97. The van der Waals surface area contributed by atoms with Crippen molar-refractivity contribution in [1.29, 1.82) is 0 Å². The van der Waals surface area contributed by atoms with Gasteiger partial charge in [0, 0.05) is 30.1 Å². The van der Waals surface area contributed by atoms with Gasteiger partial charge in [-0.3, -0.25) is 0 Å². The van der Waals surface area contributed by atoms with Gasteiger partial charge in [-0.05, 0) is 50.1 Å². The third kappa shape index (κ3) is 3.59. The molecule has 1 aromatic rings. The Labute approximate surface area is 121 Å². The lowest BCUT2D eigenvalue weighted by molar-refractivity contribution is 0.296. The molecule has 1 unspecified atom stereocenters. The van der Waals surface area contributed by atoms with Crippen LogP contribution in [0.25, 0.3) is 0 Å². The average molecular weight is 278 g/mol. The molecule has 2 nitrogen and oxygen atoms in total. The Morgan fingerprint density at radius 1 is 1.32 bits per heavy atom. The summed E-state index contributed by atoms with van der Waals surface area (Å²) in [5.41, 5.74) is 0. The van der Waals surface area contributed by atoms with Crippen LogP contribution in [0.5, 0.6) is 0 Å². The number of likely N-dealkylation sites (N-methyl/N-ethyl adjacent to an activating group) is 1. The molecule has 19 heavy (non-hydrogen) atoms. The van der Waals surface area contributed by atoms with Crippen LogP contribution in [0.2, 0.25) is 0 Å². The molecule has 0 aromatic carbocycles. The molecule has 3 heteroatoms. The maximum atomic E-state index is 3.85. The second-order valence-electron chi connectivity index (χ2n) is 6.20. The van der Waals surface area contributed by atoms with E-state index < -0.39 is 0 Å². The zero-order chi connectivity index (χ0) is 13.1. The molecule has 0 amide bonds. The number of nitrogens with zero attached hydrogens (tertiary/aromatic N) is 1. The lowest BCUT2D eigenvalue weighted by Gasteiger charge is -2.25. The van der Waals surface area contributed by atoms with Crippen LogP contribution in [0.3, 0.4) is 0 Å². The van der Waals surface area contributed by atoms with E-state index in [-0.39, 0.29) is 0 Å². The Hall–Kier alpha value is -0.380. The molecule has 1 aromatic heterocycles. The van der Waals surface area contributed by atoms with Gasteiger partial charge in [0.15, 0.2) is 0 Å². The van der Waals surface area contributed by atoms with Gasteiger partial charge in [-0.1, -0.05) is 18.9 Å². The molecule has 2 fully saturated rings. The van der Waals surface area contributed by atoms with Crippen molar-refractivity contribution in [3.8, 4) is 0 Å². The van der Waals surface area contributed by atoms with Crippen molar-refractivity contribution in [2.45, 2.75) is 50.6 Å². The normalized spacial score (nSPS) is 22.2. The Morgan fingerprint density at radius 2 is 2.11 bits per heavy atom. The molecule has 0 bridgehead atoms. The highest BCUT2D eigenvalue weighted by Gasteiger charge is 2.28. The lowest BCUT2D eigenvalue weighted by Crippen LogP contribution is -2.34. The molecule has 2 aliphatic carbocycles. The van der Waals surface area contributed by atoms with E-state index in [1.807, 2.05) is 11.3 Å². The van der Waals surface area contributed by atoms with E-state index in [1.54, 1.807) is 4.88 Å². The van der Waals surface area contributed by atoms with Gasteiger partial charge >= 0.3 is 0 Å². The molecule has 1 N–H and O–H groups in total. The minimum Gasteiger partial charge on any atom is -0.308 e. The molecule has 0 spiro atoms. The van der Waals surface area contributed by atoms with Gasteiger partial charge in [-0.15, -0.1) is 11.3 Å². The van der Waals surface area contributed by atoms with Crippen LogP contribution in [0.1, 0.15) is 49.4 Å². The fourth-order valence-electron chi connectivity index (χ4n) is 3.35. The standard InChI is InChI=1S/C16H26N2S/c1-18(14-8-9-14)11-10-17-16(13-5-2-3-6-13)15-7-4-12-19-15/h4,7,12-14,16-17H,2-3,5-6,8-11H2,1H3. The highest BCUT2D eigenvalue weighted by Crippen LogP contribution is 2.37. The largest absolute Gasteiger partial charge is 0.308 e. The number of thiophene rings is 1. The molecular formula is C16H26N2S. The van der Waals surface area contributed by atoms with Crippen LogP contribution in [0.4, 0.5) is 0 Å². The predicted octanol–water partition coefficient (Wildman–Crippen LogP) is 3.66. The number of nitrogens with one attached hydrogen (secondary N) is 1. The van der Waals surface area contributed by atoms with E-state index in [1.165, 1.54) is 45.1 Å². The molecule has 3 rings (SSSR count). The zero-order valence-electron chi connectivity index (χ0n) is 12.0. The number of rotatable bonds is 7. The number of hydrogen-bond acceptors (Lipinski definition) is 3. The third-order valence-corrected chi connectivity index (χ3v) is 5.68. The summed E-state index contributed by atoms with van der Waals surface area (Å²) in [5.74, 6) is 0.866. The minimum absolute atomic E-state index is 0.607. The first-order valence-electron chi connectivity index (χ1n) is 7.81.